The number of carbonyl (C=O) groups excluding carboxylic acids is 2. The van der Waals surface area contributed by atoms with Gasteiger partial charge in [-0.05, 0) is 49.8 Å². The van der Waals surface area contributed by atoms with E-state index in [1.807, 2.05) is 6.07 Å². The van der Waals surface area contributed by atoms with Gasteiger partial charge in [-0.1, -0.05) is 0 Å². The van der Waals surface area contributed by atoms with Crippen LogP contribution in [0.4, 0.5) is 0 Å². The molecule has 7 nitrogen and oxygen atoms in total. The first-order valence-electron chi connectivity index (χ1n) is 8.76. The number of amides is 1. The molecular weight excluding hydrogens is 338 g/mol. The summed E-state index contributed by atoms with van der Waals surface area (Å²) >= 11 is 0. The number of aliphatic carboxylic acids is 1. The van der Waals surface area contributed by atoms with Gasteiger partial charge in [-0.3, -0.25) is 4.79 Å². The molecule has 4 rings (SSSR count). The largest absolute Gasteiger partial charge is 0.548 e. The molecule has 2 aliphatic rings. The van der Waals surface area contributed by atoms with Crippen molar-refractivity contribution in [1.29, 1.82) is 0 Å². The third kappa shape index (κ3) is 2.83. The summed E-state index contributed by atoms with van der Waals surface area (Å²) in [5.41, 5.74) is 1.91. The standard InChI is InChI=1S/C19H19NO6/c21-17(20-8-2-5-15(20)18(22)23)10-25-11-6-7-13-12-3-1-4-14(12)19(24)26-16(13)9-11/h6-7,9,15H,1-5,8,10H2,(H,22,23)/p-1/t15-/m0/s1. The van der Waals surface area contributed by atoms with Crippen molar-refractivity contribution in [3.63, 3.8) is 0 Å². The first-order valence-corrected chi connectivity index (χ1v) is 8.76. The topological polar surface area (TPSA) is 99.9 Å². The van der Waals surface area contributed by atoms with E-state index < -0.39 is 17.9 Å². The molecule has 1 saturated heterocycles. The summed E-state index contributed by atoms with van der Waals surface area (Å²) in [4.78, 5) is 36.6. The number of benzene rings is 1. The fourth-order valence-electron chi connectivity index (χ4n) is 3.89. The number of hydrogen-bond acceptors (Lipinski definition) is 6. The predicted molar refractivity (Wildman–Crippen MR) is 89.7 cm³/mol. The minimum absolute atomic E-state index is 0.273. The summed E-state index contributed by atoms with van der Waals surface area (Å²) < 4.78 is 10.9. The van der Waals surface area contributed by atoms with Crippen LogP contribution >= 0.6 is 0 Å². The molecule has 0 spiro atoms. The molecule has 1 aromatic carbocycles. The Kier molecular flexibility index (Phi) is 4.14. The quantitative estimate of drug-likeness (QED) is 0.735. The van der Waals surface area contributed by atoms with E-state index in [0.717, 1.165) is 35.8 Å². The molecule has 136 valence electrons. The first kappa shape index (κ1) is 16.6. The van der Waals surface area contributed by atoms with E-state index in [2.05, 4.69) is 0 Å². The maximum atomic E-state index is 12.2. The zero-order chi connectivity index (χ0) is 18.3. The normalized spacial score (nSPS) is 18.9. The first-order chi connectivity index (χ1) is 12.5. The van der Waals surface area contributed by atoms with E-state index in [-0.39, 0.29) is 12.2 Å². The van der Waals surface area contributed by atoms with Crippen molar-refractivity contribution in [2.75, 3.05) is 13.2 Å². The number of rotatable bonds is 4. The number of hydrogen-bond donors (Lipinski definition) is 0. The highest BCUT2D eigenvalue weighted by atomic mass is 16.5. The van der Waals surface area contributed by atoms with Crippen LogP contribution in [0.2, 0.25) is 0 Å². The lowest BCUT2D eigenvalue weighted by atomic mass is 10.1. The highest BCUT2D eigenvalue weighted by molar-refractivity contribution is 5.85. The van der Waals surface area contributed by atoms with Crippen LogP contribution in [-0.4, -0.2) is 36.0 Å². The molecule has 1 amide bonds. The summed E-state index contributed by atoms with van der Waals surface area (Å²) in [6, 6.07) is 4.28. The number of carboxylic acid groups (broad SMARTS) is 1. The van der Waals surface area contributed by atoms with Crippen LogP contribution in [0.5, 0.6) is 5.75 Å². The van der Waals surface area contributed by atoms with Crippen molar-refractivity contribution in [3.05, 3.63) is 39.7 Å². The highest BCUT2D eigenvalue weighted by Crippen LogP contribution is 2.29. The zero-order valence-electron chi connectivity index (χ0n) is 14.2. The summed E-state index contributed by atoms with van der Waals surface area (Å²) in [6.45, 7) is 0.115. The second kappa shape index (κ2) is 6.48. The highest BCUT2D eigenvalue weighted by Gasteiger charge is 2.29. The Morgan fingerprint density at radius 2 is 2.04 bits per heavy atom. The van der Waals surface area contributed by atoms with Gasteiger partial charge in [0.2, 0.25) is 0 Å². The Morgan fingerprint density at radius 3 is 2.85 bits per heavy atom. The number of carboxylic acids is 1. The molecule has 1 atom stereocenters. The molecule has 1 aromatic heterocycles. The van der Waals surface area contributed by atoms with Crippen LogP contribution in [0, 0.1) is 0 Å². The van der Waals surface area contributed by atoms with Gasteiger partial charge in [0, 0.05) is 23.6 Å². The number of carbonyl (C=O) groups is 2. The Balaban J connectivity index is 1.51. The van der Waals surface area contributed by atoms with Gasteiger partial charge < -0.3 is 24.0 Å². The lowest BCUT2D eigenvalue weighted by Gasteiger charge is -2.25. The third-order valence-corrected chi connectivity index (χ3v) is 5.15. The molecule has 2 aromatic rings. The molecule has 0 saturated carbocycles. The van der Waals surface area contributed by atoms with Crippen molar-refractivity contribution in [2.24, 2.45) is 0 Å². The summed E-state index contributed by atoms with van der Waals surface area (Å²) in [5.74, 6) is -1.24. The van der Waals surface area contributed by atoms with Crippen LogP contribution < -0.4 is 15.5 Å². The second-order valence-electron chi connectivity index (χ2n) is 6.71. The van der Waals surface area contributed by atoms with Crippen molar-refractivity contribution in [3.8, 4) is 5.75 Å². The van der Waals surface area contributed by atoms with E-state index in [4.69, 9.17) is 9.15 Å². The molecule has 1 aliphatic carbocycles. The molecule has 0 radical (unpaired) electrons. The van der Waals surface area contributed by atoms with Gasteiger partial charge >= 0.3 is 5.63 Å². The maximum absolute atomic E-state index is 12.2. The molecule has 1 fully saturated rings. The molecule has 2 heterocycles. The minimum Gasteiger partial charge on any atom is -0.548 e. The van der Waals surface area contributed by atoms with Gasteiger partial charge in [-0.25, -0.2) is 4.79 Å². The third-order valence-electron chi connectivity index (χ3n) is 5.15. The molecule has 26 heavy (non-hydrogen) atoms. The van der Waals surface area contributed by atoms with Crippen LogP contribution in [0.3, 0.4) is 0 Å². The lowest BCUT2D eigenvalue weighted by molar-refractivity contribution is -0.310. The Bertz CT molecular complexity index is 947. The van der Waals surface area contributed by atoms with Crippen LogP contribution in [0.25, 0.3) is 11.0 Å². The summed E-state index contributed by atoms with van der Waals surface area (Å²) in [7, 11) is 0. The van der Waals surface area contributed by atoms with Gasteiger partial charge in [0.05, 0.1) is 12.0 Å². The molecule has 0 unspecified atom stereocenters. The van der Waals surface area contributed by atoms with Crippen LogP contribution in [0.15, 0.2) is 27.4 Å². The van der Waals surface area contributed by atoms with E-state index in [1.165, 1.54) is 4.90 Å². The average Bonchev–Trinajstić information content (AvgIpc) is 3.29. The Hall–Kier alpha value is -2.83. The molecule has 0 bridgehead atoms. The van der Waals surface area contributed by atoms with E-state index in [1.54, 1.807) is 12.1 Å². The number of ether oxygens (including phenoxy) is 1. The molecular formula is C19H18NO6-. The second-order valence-corrected chi connectivity index (χ2v) is 6.71. The zero-order valence-corrected chi connectivity index (χ0v) is 14.2. The lowest BCUT2D eigenvalue weighted by Crippen LogP contribution is -2.48. The smallest absolute Gasteiger partial charge is 0.339 e. The number of aryl methyl sites for hydroxylation is 1. The average molecular weight is 356 g/mol. The SMILES string of the molecule is O=C([O-])[C@@H]1CCCN1C(=O)COc1ccc2c3c(c(=O)oc2c1)CCC3. The van der Waals surface area contributed by atoms with Crippen molar-refractivity contribution in [1.82, 2.24) is 4.90 Å². The van der Waals surface area contributed by atoms with Gasteiger partial charge in [-0.15, -0.1) is 0 Å². The number of nitrogens with zero attached hydrogens (tertiary/aromatic N) is 1. The Morgan fingerprint density at radius 1 is 1.23 bits per heavy atom. The fourth-order valence-corrected chi connectivity index (χ4v) is 3.89. The summed E-state index contributed by atoms with van der Waals surface area (Å²) in [6.07, 6.45) is 3.59. The van der Waals surface area contributed by atoms with Crippen LogP contribution in [0.1, 0.15) is 30.4 Å². The van der Waals surface area contributed by atoms with Gasteiger partial charge in [0.25, 0.3) is 5.91 Å². The predicted octanol–water partition coefficient (Wildman–Crippen LogP) is 0.401. The maximum Gasteiger partial charge on any atom is 0.339 e. The number of likely N-dealkylation sites (tertiary alicyclic amines) is 1. The van der Waals surface area contributed by atoms with Gasteiger partial charge in [0.1, 0.15) is 11.3 Å². The fraction of sp³-hybridized carbons (Fsp3) is 0.421. The van der Waals surface area contributed by atoms with Crippen molar-refractivity contribution >= 4 is 22.8 Å². The van der Waals surface area contributed by atoms with Crippen molar-refractivity contribution in [2.45, 2.75) is 38.1 Å². The molecule has 1 aliphatic heterocycles. The van der Waals surface area contributed by atoms with Crippen LogP contribution in [-0.2, 0) is 22.4 Å². The monoisotopic (exact) mass is 356 g/mol. The minimum atomic E-state index is -1.24. The molecule has 7 heteroatoms. The Labute approximate surface area is 149 Å². The van der Waals surface area contributed by atoms with E-state index in [9.17, 15) is 19.5 Å². The van der Waals surface area contributed by atoms with E-state index in [0.29, 0.717) is 30.7 Å². The van der Waals surface area contributed by atoms with Gasteiger partial charge in [0.15, 0.2) is 6.61 Å². The number of fused-ring (bicyclic) bond motifs is 3. The van der Waals surface area contributed by atoms with Crippen molar-refractivity contribution < 1.29 is 23.8 Å². The van der Waals surface area contributed by atoms with E-state index >= 15 is 0 Å². The molecule has 0 N–H and O–H groups in total. The van der Waals surface area contributed by atoms with Gasteiger partial charge in [-0.2, -0.15) is 0 Å². The summed E-state index contributed by atoms with van der Waals surface area (Å²) in [5, 5.41) is 12.0.